The van der Waals surface area contributed by atoms with Crippen LogP contribution in [0, 0.1) is 18.4 Å². The Morgan fingerprint density at radius 3 is 2.20 bits per heavy atom. The minimum absolute atomic E-state index is 0.993. The van der Waals surface area contributed by atoms with E-state index in [0.29, 0.717) is 0 Å². The van der Waals surface area contributed by atoms with Crippen LogP contribution >= 0.6 is 0 Å². The Morgan fingerprint density at radius 2 is 1.67 bits per heavy atom. The summed E-state index contributed by atoms with van der Waals surface area (Å²) in [6.45, 7) is 8.97. The lowest BCUT2D eigenvalue weighted by molar-refractivity contribution is 1.03. The molecule has 0 fully saturated rings. The molecule has 0 aromatic heterocycles. The van der Waals surface area contributed by atoms with Gasteiger partial charge in [-0.2, -0.15) is 0 Å². The summed E-state index contributed by atoms with van der Waals surface area (Å²) >= 11 is 0. The second kappa shape index (κ2) is 5.18. The number of rotatable bonds is 2. The van der Waals surface area contributed by atoms with Crippen molar-refractivity contribution in [1.29, 1.82) is 0 Å². The molecule has 0 spiro atoms. The van der Waals surface area contributed by atoms with Crippen molar-refractivity contribution >= 4 is 8.07 Å². The van der Waals surface area contributed by atoms with Gasteiger partial charge in [-0.25, -0.2) is 0 Å². The lowest BCUT2D eigenvalue weighted by Crippen LogP contribution is -2.16. The van der Waals surface area contributed by atoms with Crippen LogP contribution in [0.15, 0.2) is 24.3 Å². The average molecular weight is 216 g/mol. The van der Waals surface area contributed by atoms with E-state index in [4.69, 9.17) is 0 Å². The third kappa shape index (κ3) is 5.44. The van der Waals surface area contributed by atoms with E-state index in [1.165, 1.54) is 11.1 Å². The Morgan fingerprint density at radius 1 is 1.07 bits per heavy atom. The maximum absolute atomic E-state index is 3.39. The number of aryl methyl sites for hydroxylation is 2. The molecular formula is C14H20Si. The van der Waals surface area contributed by atoms with Gasteiger partial charge >= 0.3 is 0 Å². The van der Waals surface area contributed by atoms with Crippen LogP contribution in [-0.4, -0.2) is 8.07 Å². The molecule has 0 heterocycles. The van der Waals surface area contributed by atoms with Gasteiger partial charge in [-0.15, -0.1) is 11.5 Å². The third-order valence-electron chi connectivity index (χ3n) is 2.12. The van der Waals surface area contributed by atoms with E-state index in [-0.39, 0.29) is 0 Å². The monoisotopic (exact) mass is 216 g/mol. The van der Waals surface area contributed by atoms with Gasteiger partial charge in [-0.1, -0.05) is 49.5 Å². The molecule has 0 amide bonds. The molecule has 0 N–H and O–H groups in total. The minimum Gasteiger partial charge on any atom is -0.132 e. The van der Waals surface area contributed by atoms with Crippen molar-refractivity contribution in [3.8, 4) is 11.5 Å². The first kappa shape index (κ1) is 12.1. The minimum atomic E-state index is -1.17. The Labute approximate surface area is 94.7 Å². The van der Waals surface area contributed by atoms with E-state index in [1.807, 2.05) is 0 Å². The van der Waals surface area contributed by atoms with Crippen molar-refractivity contribution in [3.63, 3.8) is 0 Å². The molecule has 1 heteroatoms. The quantitative estimate of drug-likeness (QED) is 0.521. The third-order valence-corrected chi connectivity index (χ3v) is 3.05. The highest BCUT2D eigenvalue weighted by atomic mass is 28.3. The van der Waals surface area contributed by atoms with Gasteiger partial charge in [0.25, 0.3) is 0 Å². The van der Waals surface area contributed by atoms with Crippen molar-refractivity contribution in [2.45, 2.75) is 39.4 Å². The highest BCUT2D eigenvalue weighted by molar-refractivity contribution is 6.83. The summed E-state index contributed by atoms with van der Waals surface area (Å²) in [6, 6.07) is 8.74. The molecule has 0 unspecified atom stereocenters. The molecule has 0 radical (unpaired) electrons. The van der Waals surface area contributed by atoms with Crippen LogP contribution in [-0.2, 0) is 6.42 Å². The van der Waals surface area contributed by atoms with E-state index in [1.54, 1.807) is 0 Å². The van der Waals surface area contributed by atoms with Crippen LogP contribution in [0.1, 0.15) is 17.5 Å². The van der Waals surface area contributed by atoms with Gasteiger partial charge in [0.1, 0.15) is 8.07 Å². The number of benzene rings is 1. The van der Waals surface area contributed by atoms with Crippen LogP contribution in [0.5, 0.6) is 0 Å². The maximum Gasteiger partial charge on any atom is 0.129 e. The maximum atomic E-state index is 3.39. The Kier molecular flexibility index (Phi) is 4.17. The zero-order valence-corrected chi connectivity index (χ0v) is 11.2. The zero-order valence-electron chi connectivity index (χ0n) is 10.2. The SMILES string of the molecule is Cc1ccc(CCC#C[Si](C)(C)C)cc1. The van der Waals surface area contributed by atoms with E-state index < -0.39 is 8.07 Å². The predicted octanol–water partition coefficient (Wildman–Crippen LogP) is 3.81. The standard InChI is InChI=1S/C14H20Si/c1-13-8-10-14(11-9-13)7-5-6-12-15(2,3)4/h8-11H,5,7H2,1-4H3. The summed E-state index contributed by atoms with van der Waals surface area (Å²) in [5.74, 6) is 3.30. The fraction of sp³-hybridized carbons (Fsp3) is 0.429. The highest BCUT2D eigenvalue weighted by Gasteiger charge is 2.06. The predicted molar refractivity (Wildman–Crippen MR) is 70.6 cm³/mol. The molecular weight excluding hydrogens is 196 g/mol. The normalized spacial score (nSPS) is 10.7. The summed E-state index contributed by atoms with van der Waals surface area (Å²) in [5.41, 5.74) is 6.11. The van der Waals surface area contributed by atoms with Gasteiger partial charge in [0.05, 0.1) is 0 Å². The van der Waals surface area contributed by atoms with Crippen LogP contribution in [0.4, 0.5) is 0 Å². The molecule has 1 rings (SSSR count). The zero-order chi connectivity index (χ0) is 11.3. The molecule has 0 saturated heterocycles. The van der Waals surface area contributed by atoms with E-state index in [2.05, 4.69) is 62.3 Å². The molecule has 1 aromatic carbocycles. The number of hydrogen-bond donors (Lipinski definition) is 0. The molecule has 0 bridgehead atoms. The first-order chi connectivity index (χ1) is 6.97. The largest absolute Gasteiger partial charge is 0.132 e. The van der Waals surface area contributed by atoms with Gasteiger partial charge in [0.2, 0.25) is 0 Å². The molecule has 0 nitrogen and oxygen atoms in total. The Hall–Kier alpha value is -1.00. The van der Waals surface area contributed by atoms with Gasteiger partial charge in [-0.05, 0) is 18.9 Å². The lowest BCUT2D eigenvalue weighted by Gasteiger charge is -2.03. The van der Waals surface area contributed by atoms with Crippen molar-refractivity contribution in [2.75, 3.05) is 0 Å². The van der Waals surface area contributed by atoms with Crippen LogP contribution < -0.4 is 0 Å². The lowest BCUT2D eigenvalue weighted by atomic mass is 10.1. The second-order valence-electron chi connectivity index (χ2n) is 5.04. The molecule has 0 saturated carbocycles. The van der Waals surface area contributed by atoms with E-state index in [9.17, 15) is 0 Å². The van der Waals surface area contributed by atoms with Gasteiger partial charge in [0.15, 0.2) is 0 Å². The molecule has 0 aliphatic carbocycles. The van der Waals surface area contributed by atoms with Gasteiger partial charge < -0.3 is 0 Å². The average Bonchev–Trinajstić information content (AvgIpc) is 2.14. The Bertz CT molecular complexity index is 357. The highest BCUT2D eigenvalue weighted by Crippen LogP contribution is 2.05. The summed E-state index contributed by atoms with van der Waals surface area (Å²) in [6.07, 6.45) is 2.07. The van der Waals surface area contributed by atoms with Crippen LogP contribution in [0.3, 0.4) is 0 Å². The van der Waals surface area contributed by atoms with Gasteiger partial charge in [0, 0.05) is 6.42 Å². The van der Waals surface area contributed by atoms with Crippen LogP contribution in [0.2, 0.25) is 19.6 Å². The fourth-order valence-electron chi connectivity index (χ4n) is 1.29. The molecule has 0 atom stereocenters. The van der Waals surface area contributed by atoms with E-state index in [0.717, 1.165) is 12.8 Å². The van der Waals surface area contributed by atoms with Crippen molar-refractivity contribution in [3.05, 3.63) is 35.4 Å². The van der Waals surface area contributed by atoms with Crippen molar-refractivity contribution in [1.82, 2.24) is 0 Å². The smallest absolute Gasteiger partial charge is 0.129 e. The number of hydrogen-bond acceptors (Lipinski definition) is 0. The van der Waals surface area contributed by atoms with Crippen LogP contribution in [0.25, 0.3) is 0 Å². The van der Waals surface area contributed by atoms with Crippen molar-refractivity contribution < 1.29 is 0 Å². The second-order valence-corrected chi connectivity index (χ2v) is 9.79. The fourth-order valence-corrected chi connectivity index (χ4v) is 1.94. The first-order valence-electron chi connectivity index (χ1n) is 5.53. The van der Waals surface area contributed by atoms with Gasteiger partial charge in [-0.3, -0.25) is 0 Å². The van der Waals surface area contributed by atoms with Crippen molar-refractivity contribution in [2.24, 2.45) is 0 Å². The molecule has 1 aromatic rings. The molecule has 80 valence electrons. The van der Waals surface area contributed by atoms with E-state index >= 15 is 0 Å². The summed E-state index contributed by atoms with van der Waals surface area (Å²) < 4.78 is 0. The summed E-state index contributed by atoms with van der Waals surface area (Å²) in [4.78, 5) is 0. The topological polar surface area (TPSA) is 0 Å². The summed E-state index contributed by atoms with van der Waals surface area (Å²) in [7, 11) is -1.17. The molecule has 0 aliphatic rings. The molecule has 0 aliphatic heterocycles. The summed E-state index contributed by atoms with van der Waals surface area (Å²) in [5, 5.41) is 0. The Balaban J connectivity index is 2.44. The molecule has 15 heavy (non-hydrogen) atoms. The first-order valence-corrected chi connectivity index (χ1v) is 9.03.